The molecule has 10 nitrogen and oxygen atoms in total. The summed E-state index contributed by atoms with van der Waals surface area (Å²) < 4.78 is 7.25. The van der Waals surface area contributed by atoms with Crippen LogP contribution in [0.4, 0.5) is 5.69 Å². The van der Waals surface area contributed by atoms with E-state index >= 15 is 0 Å². The molecule has 11 heteroatoms. The number of ether oxygens (including phenoxy) is 1. The van der Waals surface area contributed by atoms with Gasteiger partial charge in [0.1, 0.15) is 17.6 Å². The highest BCUT2D eigenvalue weighted by Gasteiger charge is 2.36. The maximum atomic E-state index is 14.0. The molecule has 3 aromatic rings. The van der Waals surface area contributed by atoms with Crippen LogP contribution in [0, 0.1) is 5.92 Å². The van der Waals surface area contributed by atoms with Gasteiger partial charge >= 0.3 is 0 Å². The number of nitrogens with zero attached hydrogens (tertiary/aromatic N) is 5. The van der Waals surface area contributed by atoms with Crippen LogP contribution >= 0.6 is 11.6 Å². The summed E-state index contributed by atoms with van der Waals surface area (Å²) in [5.74, 6) is 0.368. The Morgan fingerprint density at radius 2 is 2.02 bits per heavy atom. The summed E-state index contributed by atoms with van der Waals surface area (Å²) in [6.45, 7) is 2.36. The first-order chi connectivity index (χ1) is 19.2. The quantitative estimate of drug-likeness (QED) is 0.384. The zero-order valence-electron chi connectivity index (χ0n) is 23.5. The smallest absolute Gasteiger partial charge is 0.247 e. The lowest BCUT2D eigenvalue weighted by Gasteiger charge is -2.32. The maximum Gasteiger partial charge on any atom is 0.247 e. The van der Waals surface area contributed by atoms with E-state index in [0.717, 1.165) is 16.7 Å². The number of hydrogen-bond donors (Lipinski definition) is 2. The van der Waals surface area contributed by atoms with E-state index in [0.29, 0.717) is 35.1 Å². The van der Waals surface area contributed by atoms with Crippen molar-refractivity contribution >= 4 is 34.9 Å². The molecule has 2 heterocycles. The number of hydrogen-bond acceptors (Lipinski definition) is 7. The monoisotopic (exact) mass is 565 g/mol. The molecule has 0 saturated heterocycles. The van der Waals surface area contributed by atoms with Gasteiger partial charge in [-0.1, -0.05) is 30.7 Å². The van der Waals surface area contributed by atoms with Crippen LogP contribution < -0.4 is 15.5 Å². The molecule has 40 heavy (non-hydrogen) atoms. The molecule has 0 unspecified atom stereocenters. The highest BCUT2D eigenvalue weighted by molar-refractivity contribution is 6.30. The van der Waals surface area contributed by atoms with Gasteiger partial charge in [0.15, 0.2) is 0 Å². The second-order valence-electron chi connectivity index (χ2n) is 10.0. The number of aliphatic imine (C=N–C) groups is 1. The number of carbonyl (C=O) groups is 2. The molecule has 1 aromatic heterocycles. The number of halogens is 1. The van der Waals surface area contributed by atoms with Crippen molar-refractivity contribution in [1.29, 1.82) is 0 Å². The number of aryl methyl sites for hydroxylation is 1. The molecule has 2 amide bonds. The van der Waals surface area contributed by atoms with Crippen LogP contribution in [0.5, 0.6) is 5.75 Å². The summed E-state index contributed by atoms with van der Waals surface area (Å²) in [5, 5.41) is 9.59. The van der Waals surface area contributed by atoms with Gasteiger partial charge < -0.3 is 20.4 Å². The van der Waals surface area contributed by atoms with E-state index < -0.39 is 12.0 Å². The van der Waals surface area contributed by atoms with Gasteiger partial charge in [-0.25, -0.2) is 5.01 Å². The van der Waals surface area contributed by atoms with E-state index in [9.17, 15) is 9.59 Å². The predicted molar refractivity (Wildman–Crippen MR) is 157 cm³/mol. The average Bonchev–Trinajstić information content (AvgIpc) is 3.30. The van der Waals surface area contributed by atoms with E-state index in [1.165, 1.54) is 0 Å². The Morgan fingerprint density at radius 1 is 1.23 bits per heavy atom. The van der Waals surface area contributed by atoms with Gasteiger partial charge in [0.2, 0.25) is 11.8 Å². The largest absolute Gasteiger partial charge is 0.496 e. The van der Waals surface area contributed by atoms with Gasteiger partial charge in [-0.15, -0.1) is 0 Å². The number of benzene rings is 2. The first-order valence-corrected chi connectivity index (χ1v) is 13.6. The third-order valence-electron chi connectivity index (χ3n) is 6.75. The molecular formula is C29H36ClN7O3. The summed E-state index contributed by atoms with van der Waals surface area (Å²) in [7, 11) is 7.16. The van der Waals surface area contributed by atoms with E-state index in [1.807, 2.05) is 64.6 Å². The van der Waals surface area contributed by atoms with E-state index in [2.05, 4.69) is 15.8 Å². The number of aromatic nitrogens is 2. The minimum atomic E-state index is -0.703. The lowest BCUT2D eigenvalue weighted by molar-refractivity contribution is -0.140. The van der Waals surface area contributed by atoms with Crippen LogP contribution in [-0.4, -0.2) is 77.7 Å². The number of methoxy groups -OCH3 is 1. The van der Waals surface area contributed by atoms with Crippen molar-refractivity contribution in [3.8, 4) is 16.9 Å². The van der Waals surface area contributed by atoms with Crippen molar-refractivity contribution in [2.75, 3.05) is 39.6 Å². The first-order valence-electron chi connectivity index (χ1n) is 13.2. The zero-order valence-corrected chi connectivity index (χ0v) is 24.3. The number of amides is 2. The Kier molecular flexibility index (Phi) is 9.44. The minimum Gasteiger partial charge on any atom is -0.496 e. The average molecular weight is 566 g/mol. The van der Waals surface area contributed by atoms with E-state index in [4.69, 9.17) is 21.3 Å². The Bertz CT molecular complexity index is 1390. The van der Waals surface area contributed by atoms with Gasteiger partial charge in [-0.3, -0.25) is 19.3 Å². The SMILES string of the molecule is CC[C@@H](C(=O)Nc1cccc(-c2cnn(C)c2)c1)N1CC(NN(C)C)=NC[C@@H](Cc2cc(Cl)ccc2OC)C1=O. The van der Waals surface area contributed by atoms with Gasteiger partial charge in [-0.2, -0.15) is 5.10 Å². The van der Waals surface area contributed by atoms with Crippen molar-refractivity contribution in [2.24, 2.45) is 18.0 Å². The molecule has 1 aliphatic heterocycles. The number of carbonyl (C=O) groups excluding carboxylic acids is 2. The van der Waals surface area contributed by atoms with Crippen molar-refractivity contribution in [3.05, 3.63) is 65.4 Å². The molecule has 1 aliphatic rings. The van der Waals surface area contributed by atoms with Gasteiger partial charge in [-0.05, 0) is 54.3 Å². The van der Waals surface area contributed by atoms with Crippen LogP contribution in [-0.2, 0) is 23.1 Å². The molecule has 0 saturated carbocycles. The molecule has 0 bridgehead atoms. The van der Waals surface area contributed by atoms with E-state index in [-0.39, 0.29) is 24.9 Å². The van der Waals surface area contributed by atoms with Crippen molar-refractivity contribution in [3.63, 3.8) is 0 Å². The third kappa shape index (κ3) is 7.00. The first kappa shape index (κ1) is 29.1. The molecule has 4 rings (SSSR count). The lowest BCUT2D eigenvalue weighted by atomic mass is 9.96. The Morgan fingerprint density at radius 3 is 2.70 bits per heavy atom. The Hall–Kier alpha value is -3.89. The number of nitrogens with one attached hydrogen (secondary N) is 2. The normalized spacial score (nSPS) is 16.4. The number of amidine groups is 1. The topological polar surface area (TPSA) is 104 Å². The van der Waals surface area contributed by atoms with Gasteiger partial charge in [0.05, 0.1) is 32.3 Å². The van der Waals surface area contributed by atoms with Crippen molar-refractivity contribution < 1.29 is 14.3 Å². The van der Waals surface area contributed by atoms with Crippen molar-refractivity contribution in [2.45, 2.75) is 25.8 Å². The van der Waals surface area contributed by atoms with Crippen LogP contribution in [0.2, 0.25) is 5.02 Å². The Balaban J connectivity index is 1.60. The highest BCUT2D eigenvalue weighted by Crippen LogP contribution is 2.28. The van der Waals surface area contributed by atoms with Crippen LogP contribution in [0.1, 0.15) is 18.9 Å². The second kappa shape index (κ2) is 13.0. The summed E-state index contributed by atoms with van der Waals surface area (Å²) in [5.41, 5.74) is 6.53. The molecule has 2 N–H and O–H groups in total. The van der Waals surface area contributed by atoms with Gasteiger partial charge in [0, 0.05) is 43.6 Å². The Labute approximate surface area is 239 Å². The molecule has 0 radical (unpaired) electrons. The fourth-order valence-electron chi connectivity index (χ4n) is 4.86. The van der Waals surface area contributed by atoms with Crippen LogP contribution in [0.3, 0.4) is 0 Å². The number of anilines is 1. The molecule has 2 atom stereocenters. The van der Waals surface area contributed by atoms with Crippen LogP contribution in [0.15, 0.2) is 59.9 Å². The maximum absolute atomic E-state index is 14.0. The second-order valence-corrected chi connectivity index (χ2v) is 10.5. The number of rotatable bonds is 9. The molecule has 212 valence electrons. The standard InChI is InChI=1S/C29H36ClN7O3/c1-6-25(28(38)33-24-9-7-8-19(14-24)22-16-32-36(4)17-22)37-18-27(34-35(2)3)31-15-21(29(37)39)12-20-13-23(30)10-11-26(20)40-5/h7-11,13-14,16-17,21,25H,6,12,15,18H2,1-5H3,(H,31,34)(H,33,38)/t21-,25+/m1/s1. The highest BCUT2D eigenvalue weighted by atomic mass is 35.5. The van der Waals surface area contributed by atoms with E-state index in [1.54, 1.807) is 40.0 Å². The fraction of sp³-hybridized carbons (Fsp3) is 0.379. The van der Waals surface area contributed by atoms with Crippen LogP contribution in [0.25, 0.3) is 11.1 Å². The molecule has 0 spiro atoms. The third-order valence-corrected chi connectivity index (χ3v) is 6.99. The predicted octanol–water partition coefficient (Wildman–Crippen LogP) is 3.63. The summed E-state index contributed by atoms with van der Waals surface area (Å²) in [6.07, 6.45) is 4.50. The molecule has 0 aliphatic carbocycles. The minimum absolute atomic E-state index is 0.146. The molecular weight excluding hydrogens is 530 g/mol. The number of hydrazine groups is 1. The summed E-state index contributed by atoms with van der Waals surface area (Å²) in [4.78, 5) is 34.0. The van der Waals surface area contributed by atoms with Gasteiger partial charge in [0.25, 0.3) is 0 Å². The summed E-state index contributed by atoms with van der Waals surface area (Å²) >= 11 is 6.26. The van der Waals surface area contributed by atoms with Crippen molar-refractivity contribution in [1.82, 2.24) is 25.1 Å². The zero-order chi connectivity index (χ0) is 28.8. The molecule has 0 fully saturated rings. The summed E-state index contributed by atoms with van der Waals surface area (Å²) in [6, 6.07) is 12.2. The fourth-order valence-corrected chi connectivity index (χ4v) is 5.05. The lowest BCUT2D eigenvalue weighted by Crippen LogP contribution is -2.53. The molecule has 2 aromatic carbocycles.